The average molecular weight is 327 g/mol. The second-order valence-electron chi connectivity index (χ2n) is 4.10. The van der Waals surface area contributed by atoms with Gasteiger partial charge in [-0.3, -0.25) is 20.4 Å². The van der Waals surface area contributed by atoms with Gasteiger partial charge in [0, 0.05) is 6.42 Å². The van der Waals surface area contributed by atoms with Gasteiger partial charge in [0.05, 0.1) is 0 Å². The van der Waals surface area contributed by atoms with E-state index in [1.165, 1.54) is 0 Å². The highest BCUT2D eigenvalue weighted by atomic mass is 19.2. The molecule has 0 aliphatic carbocycles. The number of hydrogen-bond acceptors (Lipinski definition) is 4. The molecule has 0 aliphatic rings. The van der Waals surface area contributed by atoms with Gasteiger partial charge in [0.25, 0.3) is 0 Å². The van der Waals surface area contributed by atoms with Crippen LogP contribution in [-0.2, 0) is 9.59 Å². The largest absolute Gasteiger partial charge is 0.480 e. The molecule has 1 atom stereocenters. The first-order valence-electron chi connectivity index (χ1n) is 5.71. The number of carbonyl (C=O) groups excluding carboxylic acids is 1. The Hall–Kier alpha value is -2.43. The zero-order valence-corrected chi connectivity index (χ0v) is 10.7. The maximum Gasteiger partial charge on any atom is 0.320 e. The fourth-order valence-corrected chi connectivity index (χ4v) is 1.32. The molecule has 6 nitrogen and oxygen atoms in total. The number of rotatable bonds is 6. The molecule has 5 N–H and O–H groups in total. The third-order valence-electron chi connectivity index (χ3n) is 2.54. The molecule has 1 unspecified atom stereocenters. The maximum absolute atomic E-state index is 13.2. The summed E-state index contributed by atoms with van der Waals surface area (Å²) in [6.45, 7) is 0. The van der Waals surface area contributed by atoms with Crippen LogP contribution < -0.4 is 16.6 Å². The van der Waals surface area contributed by atoms with Crippen LogP contribution in [0.4, 0.5) is 27.6 Å². The number of nitrogens with two attached hydrogens (primary N) is 1. The summed E-state index contributed by atoms with van der Waals surface area (Å²) in [7, 11) is 0. The third-order valence-corrected chi connectivity index (χ3v) is 2.54. The molecular weight excluding hydrogens is 317 g/mol. The predicted octanol–water partition coefficient (Wildman–Crippen LogP) is 1.02. The van der Waals surface area contributed by atoms with Gasteiger partial charge >= 0.3 is 5.97 Å². The van der Waals surface area contributed by atoms with Crippen LogP contribution in [-0.4, -0.2) is 23.0 Å². The molecule has 0 bridgehead atoms. The summed E-state index contributed by atoms with van der Waals surface area (Å²) in [5.41, 5.74) is 6.91. The smallest absolute Gasteiger partial charge is 0.320 e. The van der Waals surface area contributed by atoms with Gasteiger partial charge in [-0.2, -0.15) is 0 Å². The van der Waals surface area contributed by atoms with Gasteiger partial charge in [0.15, 0.2) is 23.3 Å². The molecule has 0 heterocycles. The number of anilines is 1. The van der Waals surface area contributed by atoms with E-state index in [-0.39, 0.29) is 6.42 Å². The number of nitrogens with one attached hydrogen (secondary N) is 2. The van der Waals surface area contributed by atoms with E-state index in [1.54, 1.807) is 10.9 Å². The number of carboxylic acid groups (broad SMARTS) is 1. The van der Waals surface area contributed by atoms with Gasteiger partial charge in [-0.1, -0.05) is 0 Å². The Morgan fingerprint density at radius 1 is 1.00 bits per heavy atom. The summed E-state index contributed by atoms with van der Waals surface area (Å²) < 4.78 is 65.0. The number of carboxylic acids is 1. The summed E-state index contributed by atoms with van der Waals surface area (Å²) in [5.74, 6) is -13.3. The zero-order chi connectivity index (χ0) is 17.0. The standard InChI is InChI=1S/C11H10F5N3O3/c12-5-6(13)8(15)10(9(16)7(5)14)19-18-4(20)2-1-3(17)11(21)22/h3,19H,1-2,17H2,(H,18,20)(H,21,22). The molecule has 0 radical (unpaired) electrons. The van der Waals surface area contributed by atoms with Crippen LogP contribution in [0.25, 0.3) is 0 Å². The van der Waals surface area contributed by atoms with Crippen molar-refractivity contribution in [3.63, 3.8) is 0 Å². The van der Waals surface area contributed by atoms with Crippen LogP contribution in [0.1, 0.15) is 12.8 Å². The number of benzene rings is 1. The SMILES string of the molecule is NC(CCC(=O)NNc1c(F)c(F)c(F)c(F)c1F)C(=O)O. The number of halogens is 5. The molecule has 122 valence electrons. The lowest BCUT2D eigenvalue weighted by molar-refractivity contribution is -0.138. The van der Waals surface area contributed by atoms with Crippen LogP contribution in [0.15, 0.2) is 0 Å². The molecule has 22 heavy (non-hydrogen) atoms. The first kappa shape index (κ1) is 17.6. The molecular formula is C11H10F5N3O3. The lowest BCUT2D eigenvalue weighted by Crippen LogP contribution is -2.35. The van der Waals surface area contributed by atoms with Gasteiger partial charge < -0.3 is 10.8 Å². The van der Waals surface area contributed by atoms with Crippen molar-refractivity contribution in [2.45, 2.75) is 18.9 Å². The monoisotopic (exact) mass is 327 g/mol. The van der Waals surface area contributed by atoms with E-state index < -0.39 is 59.1 Å². The van der Waals surface area contributed by atoms with Crippen molar-refractivity contribution in [1.29, 1.82) is 0 Å². The third kappa shape index (κ3) is 3.81. The van der Waals surface area contributed by atoms with Crippen molar-refractivity contribution < 1.29 is 36.6 Å². The van der Waals surface area contributed by atoms with Gasteiger partial charge in [-0.15, -0.1) is 0 Å². The number of carbonyl (C=O) groups is 2. The minimum Gasteiger partial charge on any atom is -0.480 e. The highest BCUT2D eigenvalue weighted by molar-refractivity contribution is 5.79. The van der Waals surface area contributed by atoms with Gasteiger partial charge in [0.1, 0.15) is 11.7 Å². The first-order valence-corrected chi connectivity index (χ1v) is 5.71. The quantitative estimate of drug-likeness (QED) is 0.270. The molecule has 0 saturated carbocycles. The second-order valence-corrected chi connectivity index (χ2v) is 4.10. The van der Waals surface area contributed by atoms with Crippen LogP contribution >= 0.6 is 0 Å². The highest BCUT2D eigenvalue weighted by Gasteiger charge is 2.26. The van der Waals surface area contributed by atoms with E-state index in [1.807, 2.05) is 0 Å². The van der Waals surface area contributed by atoms with Gasteiger partial charge in [-0.25, -0.2) is 22.0 Å². The van der Waals surface area contributed by atoms with Crippen molar-refractivity contribution in [1.82, 2.24) is 5.43 Å². The molecule has 1 rings (SSSR count). The van der Waals surface area contributed by atoms with Gasteiger partial charge in [-0.05, 0) is 6.42 Å². The molecule has 1 amide bonds. The summed E-state index contributed by atoms with van der Waals surface area (Å²) in [4.78, 5) is 21.7. The lowest BCUT2D eigenvalue weighted by atomic mass is 10.1. The minimum atomic E-state index is -2.33. The van der Waals surface area contributed by atoms with E-state index in [2.05, 4.69) is 0 Å². The molecule has 0 fully saturated rings. The van der Waals surface area contributed by atoms with Crippen molar-refractivity contribution in [3.05, 3.63) is 29.1 Å². The van der Waals surface area contributed by atoms with Crippen LogP contribution in [0.3, 0.4) is 0 Å². The van der Waals surface area contributed by atoms with E-state index in [0.29, 0.717) is 0 Å². The Balaban J connectivity index is 2.73. The highest BCUT2D eigenvalue weighted by Crippen LogP contribution is 2.26. The average Bonchev–Trinajstić information content (AvgIpc) is 2.48. The van der Waals surface area contributed by atoms with Crippen molar-refractivity contribution in [2.24, 2.45) is 5.73 Å². The molecule has 0 aliphatic heterocycles. The second kappa shape index (κ2) is 7.02. The van der Waals surface area contributed by atoms with Crippen molar-refractivity contribution in [3.8, 4) is 0 Å². The van der Waals surface area contributed by atoms with Crippen LogP contribution in [0, 0.1) is 29.1 Å². The normalized spacial score (nSPS) is 11.9. The number of amides is 1. The summed E-state index contributed by atoms with van der Waals surface area (Å²) in [6, 6.07) is -1.33. The van der Waals surface area contributed by atoms with Crippen LogP contribution in [0.5, 0.6) is 0 Å². The Bertz CT molecular complexity index is 582. The van der Waals surface area contributed by atoms with E-state index in [9.17, 15) is 31.5 Å². The first-order chi connectivity index (χ1) is 10.2. The van der Waals surface area contributed by atoms with Crippen molar-refractivity contribution in [2.75, 3.05) is 5.43 Å². The summed E-state index contributed by atoms with van der Waals surface area (Å²) >= 11 is 0. The maximum atomic E-state index is 13.2. The van der Waals surface area contributed by atoms with Gasteiger partial charge in [0.2, 0.25) is 11.7 Å². The number of aliphatic carboxylic acids is 1. The Kier molecular flexibility index (Phi) is 5.63. The zero-order valence-electron chi connectivity index (χ0n) is 10.7. The molecule has 0 saturated heterocycles. The fourth-order valence-electron chi connectivity index (χ4n) is 1.32. The Labute approximate surface area is 120 Å². The van der Waals surface area contributed by atoms with Crippen molar-refractivity contribution >= 4 is 17.6 Å². The van der Waals surface area contributed by atoms with Crippen LogP contribution in [0.2, 0.25) is 0 Å². The fraction of sp³-hybridized carbons (Fsp3) is 0.273. The molecule has 1 aromatic rings. The van der Waals surface area contributed by atoms with E-state index >= 15 is 0 Å². The lowest BCUT2D eigenvalue weighted by Gasteiger charge is -2.12. The predicted molar refractivity (Wildman–Crippen MR) is 62.8 cm³/mol. The molecule has 0 spiro atoms. The Morgan fingerprint density at radius 2 is 1.45 bits per heavy atom. The number of hydrazine groups is 1. The van der Waals surface area contributed by atoms with E-state index in [4.69, 9.17) is 10.8 Å². The molecule has 11 heteroatoms. The summed E-state index contributed by atoms with van der Waals surface area (Å²) in [6.07, 6.45) is -0.740. The minimum absolute atomic E-state index is 0.292. The summed E-state index contributed by atoms with van der Waals surface area (Å²) in [5, 5.41) is 8.47. The molecule has 0 aromatic heterocycles. The topological polar surface area (TPSA) is 104 Å². The number of hydrogen-bond donors (Lipinski definition) is 4. The Morgan fingerprint density at radius 3 is 1.91 bits per heavy atom. The molecule has 1 aromatic carbocycles. The van der Waals surface area contributed by atoms with E-state index in [0.717, 1.165) is 0 Å².